The van der Waals surface area contributed by atoms with E-state index in [1.165, 1.54) is 18.4 Å². The summed E-state index contributed by atoms with van der Waals surface area (Å²) in [7, 11) is 0. The minimum Gasteiger partial charge on any atom is -0.312 e. The molecule has 1 fully saturated rings. The molecule has 17 heavy (non-hydrogen) atoms. The zero-order chi connectivity index (χ0) is 12.1. The SMILES string of the molecule is C=C(CC)CSc1nnnn1CCNC1CC1. The average Bonchev–Trinajstić information content (AvgIpc) is 3.05. The first-order valence-electron chi connectivity index (χ1n) is 6.08. The number of tetrazole rings is 1. The number of nitrogens with zero attached hydrogens (tertiary/aromatic N) is 4. The molecule has 6 heteroatoms. The highest BCUT2D eigenvalue weighted by atomic mass is 32.2. The largest absolute Gasteiger partial charge is 0.312 e. The Hall–Kier alpha value is -0.880. The predicted octanol–water partition coefficient (Wildman–Crippen LogP) is 1.48. The summed E-state index contributed by atoms with van der Waals surface area (Å²) in [5.41, 5.74) is 1.22. The van der Waals surface area contributed by atoms with Crippen molar-refractivity contribution in [2.24, 2.45) is 0 Å². The Morgan fingerprint density at radius 1 is 1.59 bits per heavy atom. The molecule has 0 bridgehead atoms. The summed E-state index contributed by atoms with van der Waals surface area (Å²) in [4.78, 5) is 0. The molecular formula is C11H19N5S. The van der Waals surface area contributed by atoms with Crippen LogP contribution in [0, 0.1) is 0 Å². The summed E-state index contributed by atoms with van der Waals surface area (Å²) in [6.45, 7) is 7.88. The van der Waals surface area contributed by atoms with Gasteiger partial charge in [-0.15, -0.1) is 5.10 Å². The molecule has 0 amide bonds. The van der Waals surface area contributed by atoms with Crippen molar-refractivity contribution in [2.45, 2.75) is 43.9 Å². The van der Waals surface area contributed by atoms with Crippen molar-refractivity contribution >= 4 is 11.8 Å². The molecule has 0 radical (unpaired) electrons. The van der Waals surface area contributed by atoms with Gasteiger partial charge in [-0.25, -0.2) is 4.68 Å². The molecule has 94 valence electrons. The number of nitrogens with one attached hydrogen (secondary N) is 1. The highest BCUT2D eigenvalue weighted by Gasteiger charge is 2.20. The van der Waals surface area contributed by atoms with E-state index in [0.29, 0.717) is 0 Å². The standard InChI is InChI=1S/C11H19N5S/c1-3-9(2)8-17-11-13-14-15-16(11)7-6-12-10-4-5-10/h10,12H,2-8H2,1H3. The first-order valence-corrected chi connectivity index (χ1v) is 7.07. The van der Waals surface area contributed by atoms with Crippen molar-refractivity contribution < 1.29 is 0 Å². The van der Waals surface area contributed by atoms with Crippen LogP contribution in [0.3, 0.4) is 0 Å². The maximum absolute atomic E-state index is 4.03. The van der Waals surface area contributed by atoms with Crippen LogP contribution in [0.1, 0.15) is 26.2 Å². The van der Waals surface area contributed by atoms with E-state index in [2.05, 4.69) is 34.3 Å². The number of hydrogen-bond donors (Lipinski definition) is 1. The van der Waals surface area contributed by atoms with Crippen molar-refractivity contribution in [3.8, 4) is 0 Å². The molecule has 0 aromatic carbocycles. The lowest BCUT2D eigenvalue weighted by Gasteiger charge is -2.05. The Bertz CT molecular complexity index is 372. The van der Waals surface area contributed by atoms with Gasteiger partial charge in [-0.3, -0.25) is 0 Å². The van der Waals surface area contributed by atoms with Gasteiger partial charge in [0.25, 0.3) is 0 Å². The van der Waals surface area contributed by atoms with Gasteiger partial charge in [-0.05, 0) is 29.7 Å². The normalized spacial score (nSPS) is 15.1. The number of rotatable bonds is 8. The van der Waals surface area contributed by atoms with Gasteiger partial charge < -0.3 is 5.32 Å². The van der Waals surface area contributed by atoms with Gasteiger partial charge in [0.1, 0.15) is 0 Å². The summed E-state index contributed by atoms with van der Waals surface area (Å²) in [5.74, 6) is 0.896. The summed E-state index contributed by atoms with van der Waals surface area (Å²) in [5, 5.41) is 16.1. The van der Waals surface area contributed by atoms with Gasteiger partial charge in [0.05, 0.1) is 6.54 Å². The molecule has 1 heterocycles. The van der Waals surface area contributed by atoms with E-state index >= 15 is 0 Å². The van der Waals surface area contributed by atoms with Crippen LogP contribution in [-0.4, -0.2) is 38.5 Å². The Morgan fingerprint density at radius 3 is 3.12 bits per heavy atom. The van der Waals surface area contributed by atoms with Crippen LogP contribution in [0.2, 0.25) is 0 Å². The van der Waals surface area contributed by atoms with E-state index in [4.69, 9.17) is 0 Å². The fraction of sp³-hybridized carbons (Fsp3) is 0.727. The third kappa shape index (κ3) is 4.12. The molecule has 1 aromatic rings. The second kappa shape index (κ2) is 6.16. The van der Waals surface area contributed by atoms with E-state index in [-0.39, 0.29) is 0 Å². The van der Waals surface area contributed by atoms with Crippen LogP contribution in [0.15, 0.2) is 17.3 Å². The van der Waals surface area contributed by atoms with Crippen LogP contribution < -0.4 is 5.32 Å². The fourth-order valence-corrected chi connectivity index (χ4v) is 2.28. The summed E-state index contributed by atoms with van der Waals surface area (Å²) in [6, 6.07) is 0.738. The smallest absolute Gasteiger partial charge is 0.209 e. The van der Waals surface area contributed by atoms with E-state index in [1.807, 2.05) is 4.68 Å². The van der Waals surface area contributed by atoms with Gasteiger partial charge >= 0.3 is 0 Å². The van der Waals surface area contributed by atoms with Crippen LogP contribution in [0.5, 0.6) is 0 Å². The van der Waals surface area contributed by atoms with Crippen LogP contribution in [0.25, 0.3) is 0 Å². The Kier molecular flexibility index (Phi) is 4.56. The Morgan fingerprint density at radius 2 is 2.41 bits per heavy atom. The summed E-state index contributed by atoms with van der Waals surface area (Å²) in [6.07, 6.45) is 3.64. The van der Waals surface area contributed by atoms with Gasteiger partial charge in [-0.1, -0.05) is 30.8 Å². The number of hydrogen-bond acceptors (Lipinski definition) is 5. The van der Waals surface area contributed by atoms with Crippen molar-refractivity contribution in [3.05, 3.63) is 12.2 Å². The molecule has 1 aromatic heterocycles. The first kappa shape index (κ1) is 12.6. The second-order valence-electron chi connectivity index (χ2n) is 4.31. The molecule has 0 aliphatic heterocycles. The van der Waals surface area contributed by atoms with Gasteiger partial charge in [0, 0.05) is 18.3 Å². The van der Waals surface area contributed by atoms with E-state index in [1.54, 1.807) is 11.8 Å². The van der Waals surface area contributed by atoms with E-state index in [9.17, 15) is 0 Å². The Labute approximate surface area is 106 Å². The highest BCUT2D eigenvalue weighted by molar-refractivity contribution is 7.99. The highest BCUT2D eigenvalue weighted by Crippen LogP contribution is 2.19. The van der Waals surface area contributed by atoms with Crippen molar-refractivity contribution in [1.82, 2.24) is 25.5 Å². The third-order valence-electron chi connectivity index (χ3n) is 2.74. The van der Waals surface area contributed by atoms with Crippen molar-refractivity contribution in [3.63, 3.8) is 0 Å². The molecule has 0 spiro atoms. The van der Waals surface area contributed by atoms with E-state index < -0.39 is 0 Å². The lowest BCUT2D eigenvalue weighted by Crippen LogP contribution is -2.22. The monoisotopic (exact) mass is 253 g/mol. The zero-order valence-corrected chi connectivity index (χ0v) is 11.0. The van der Waals surface area contributed by atoms with Crippen LogP contribution in [0.4, 0.5) is 0 Å². The molecule has 0 unspecified atom stereocenters. The van der Waals surface area contributed by atoms with Gasteiger partial charge in [-0.2, -0.15) is 0 Å². The molecular weight excluding hydrogens is 234 g/mol. The quantitative estimate of drug-likeness (QED) is 0.562. The lowest BCUT2D eigenvalue weighted by molar-refractivity contribution is 0.510. The molecule has 0 atom stereocenters. The molecule has 5 nitrogen and oxygen atoms in total. The minimum absolute atomic E-state index is 0.738. The summed E-state index contributed by atoms with van der Waals surface area (Å²) < 4.78 is 1.86. The van der Waals surface area contributed by atoms with E-state index in [0.717, 1.165) is 36.5 Å². The van der Waals surface area contributed by atoms with Gasteiger partial charge in [0.15, 0.2) is 0 Å². The molecule has 1 aliphatic rings. The maximum Gasteiger partial charge on any atom is 0.209 e. The summed E-state index contributed by atoms with van der Waals surface area (Å²) >= 11 is 1.66. The zero-order valence-electron chi connectivity index (χ0n) is 10.2. The van der Waals surface area contributed by atoms with Crippen LogP contribution >= 0.6 is 11.8 Å². The van der Waals surface area contributed by atoms with Crippen molar-refractivity contribution in [1.29, 1.82) is 0 Å². The fourth-order valence-electron chi connectivity index (χ4n) is 1.37. The van der Waals surface area contributed by atoms with Gasteiger partial charge in [0.2, 0.25) is 5.16 Å². The first-order chi connectivity index (χ1) is 8.29. The third-order valence-corrected chi connectivity index (χ3v) is 3.84. The van der Waals surface area contributed by atoms with Crippen LogP contribution in [-0.2, 0) is 6.54 Å². The minimum atomic E-state index is 0.738. The average molecular weight is 253 g/mol. The molecule has 2 rings (SSSR count). The maximum atomic E-state index is 4.03. The lowest BCUT2D eigenvalue weighted by atomic mass is 10.3. The number of aromatic nitrogens is 4. The molecule has 0 saturated heterocycles. The van der Waals surface area contributed by atoms with Crippen molar-refractivity contribution in [2.75, 3.05) is 12.3 Å². The molecule has 1 saturated carbocycles. The number of thioether (sulfide) groups is 1. The molecule has 1 aliphatic carbocycles. The Balaban J connectivity index is 1.76. The topological polar surface area (TPSA) is 55.6 Å². The second-order valence-corrected chi connectivity index (χ2v) is 5.25. The predicted molar refractivity (Wildman–Crippen MR) is 69.0 cm³/mol. The molecule has 1 N–H and O–H groups in total.